The van der Waals surface area contributed by atoms with Crippen molar-refractivity contribution in [2.75, 3.05) is 0 Å². The van der Waals surface area contributed by atoms with E-state index in [2.05, 4.69) is 6.92 Å². The zero-order valence-electron chi connectivity index (χ0n) is 9.69. The summed E-state index contributed by atoms with van der Waals surface area (Å²) < 4.78 is 25.6. The third kappa shape index (κ3) is 2.20. The van der Waals surface area contributed by atoms with Gasteiger partial charge in [0.05, 0.1) is 5.56 Å². The maximum absolute atomic E-state index is 11.8. The molecule has 0 bridgehead atoms. The first-order valence-corrected chi connectivity index (χ1v) is 7.23. The van der Waals surface area contributed by atoms with Crippen LogP contribution in [0.25, 0.3) is 0 Å². The third-order valence-corrected chi connectivity index (χ3v) is 4.36. The Bertz CT molecular complexity index is 549. The minimum Gasteiger partial charge on any atom is -0.268 e. The lowest BCUT2D eigenvalue weighted by Gasteiger charge is -2.05. The van der Waals surface area contributed by atoms with Gasteiger partial charge < -0.3 is 0 Å². The molecule has 1 aromatic rings. The lowest BCUT2D eigenvalue weighted by Crippen LogP contribution is -2.21. The summed E-state index contributed by atoms with van der Waals surface area (Å²) in [6.45, 7) is 2.09. The second-order valence-corrected chi connectivity index (χ2v) is 5.80. The van der Waals surface area contributed by atoms with Gasteiger partial charge in [-0.2, -0.15) is 0 Å². The zero-order chi connectivity index (χ0) is 12.5. The highest BCUT2D eigenvalue weighted by molar-refractivity contribution is 7.90. The van der Waals surface area contributed by atoms with Crippen LogP contribution in [-0.2, 0) is 16.4 Å². The number of hydrogen-bond donors (Lipinski definition) is 1. The normalized spacial score (nSPS) is 16.6. The Morgan fingerprint density at radius 1 is 1.24 bits per heavy atom. The number of aryl methyl sites for hydroxylation is 1. The first-order valence-electron chi connectivity index (χ1n) is 5.75. The zero-order valence-corrected chi connectivity index (χ0v) is 10.5. The number of carbonyl (C=O) groups excluding carboxylic acids is 1. The summed E-state index contributed by atoms with van der Waals surface area (Å²) in [5.74, 6) is -0.516. The monoisotopic (exact) mass is 253 g/mol. The number of nitrogens with one attached hydrogen (secondary N) is 1. The van der Waals surface area contributed by atoms with E-state index in [0.717, 1.165) is 24.8 Å². The van der Waals surface area contributed by atoms with Crippen LogP contribution >= 0.6 is 0 Å². The van der Waals surface area contributed by atoms with Crippen LogP contribution in [0.15, 0.2) is 23.1 Å². The molecule has 2 rings (SSSR count). The Kier molecular flexibility index (Phi) is 3.19. The van der Waals surface area contributed by atoms with Crippen LogP contribution < -0.4 is 4.72 Å². The maximum atomic E-state index is 11.8. The Morgan fingerprint density at radius 3 is 2.71 bits per heavy atom. The van der Waals surface area contributed by atoms with Gasteiger partial charge >= 0.3 is 0 Å². The van der Waals surface area contributed by atoms with E-state index in [1.807, 2.05) is 4.72 Å². The van der Waals surface area contributed by atoms with Crippen molar-refractivity contribution in [3.8, 4) is 0 Å². The van der Waals surface area contributed by atoms with Crippen LogP contribution in [-0.4, -0.2) is 14.3 Å². The Balaban J connectivity index is 2.40. The first kappa shape index (κ1) is 12.1. The SMILES string of the molecule is CCCCCc1cccc2c1S(=O)(=O)NC2=O. The van der Waals surface area contributed by atoms with Crippen molar-refractivity contribution in [3.05, 3.63) is 29.3 Å². The van der Waals surface area contributed by atoms with Crippen molar-refractivity contribution in [3.63, 3.8) is 0 Å². The van der Waals surface area contributed by atoms with E-state index < -0.39 is 15.9 Å². The summed E-state index contributed by atoms with van der Waals surface area (Å²) in [6.07, 6.45) is 3.78. The highest BCUT2D eigenvalue weighted by atomic mass is 32.2. The molecule has 17 heavy (non-hydrogen) atoms. The van der Waals surface area contributed by atoms with Crippen LogP contribution in [0.1, 0.15) is 42.1 Å². The van der Waals surface area contributed by atoms with Gasteiger partial charge in [0.1, 0.15) is 4.90 Å². The fourth-order valence-corrected chi connectivity index (χ4v) is 3.49. The molecule has 5 heteroatoms. The molecule has 0 fully saturated rings. The van der Waals surface area contributed by atoms with E-state index in [0.29, 0.717) is 6.42 Å². The van der Waals surface area contributed by atoms with Gasteiger partial charge in [0.15, 0.2) is 0 Å². The number of rotatable bonds is 4. The molecule has 0 spiro atoms. The van der Waals surface area contributed by atoms with E-state index in [4.69, 9.17) is 0 Å². The predicted octanol–water partition coefficient (Wildman–Crippen LogP) is 1.85. The fourth-order valence-electron chi connectivity index (χ4n) is 2.07. The molecule has 0 saturated heterocycles. The van der Waals surface area contributed by atoms with E-state index in [9.17, 15) is 13.2 Å². The standard InChI is InChI=1S/C12H15NO3S/c1-2-3-4-6-9-7-5-8-10-11(9)17(15,16)13-12(10)14/h5,7-8H,2-4,6H2,1H3,(H,13,14). The predicted molar refractivity (Wildman–Crippen MR) is 64.3 cm³/mol. The van der Waals surface area contributed by atoms with E-state index in [1.165, 1.54) is 0 Å². The van der Waals surface area contributed by atoms with Gasteiger partial charge in [-0.15, -0.1) is 0 Å². The molecule has 0 aromatic heterocycles. The van der Waals surface area contributed by atoms with Crippen LogP contribution in [0.5, 0.6) is 0 Å². The number of sulfonamides is 1. The molecule has 0 unspecified atom stereocenters. The summed E-state index contributed by atoms with van der Waals surface area (Å²) >= 11 is 0. The highest BCUT2D eigenvalue weighted by Gasteiger charge is 2.34. The van der Waals surface area contributed by atoms with Gasteiger partial charge in [0, 0.05) is 0 Å². The van der Waals surface area contributed by atoms with Gasteiger partial charge in [-0.25, -0.2) is 13.1 Å². The van der Waals surface area contributed by atoms with Gasteiger partial charge in [-0.05, 0) is 24.5 Å². The molecule has 0 atom stereocenters. The number of hydrogen-bond acceptors (Lipinski definition) is 3. The summed E-state index contributed by atoms with van der Waals surface area (Å²) in [4.78, 5) is 11.7. The van der Waals surface area contributed by atoms with Crippen molar-refractivity contribution < 1.29 is 13.2 Å². The maximum Gasteiger partial charge on any atom is 0.266 e. The van der Waals surface area contributed by atoms with Crippen molar-refractivity contribution in [2.24, 2.45) is 0 Å². The van der Waals surface area contributed by atoms with Crippen LogP contribution in [0.2, 0.25) is 0 Å². The smallest absolute Gasteiger partial charge is 0.266 e. The molecule has 0 aliphatic carbocycles. The lowest BCUT2D eigenvalue weighted by molar-refractivity contribution is 0.0985. The first-order chi connectivity index (χ1) is 8.06. The van der Waals surface area contributed by atoms with Gasteiger partial charge in [-0.3, -0.25) is 4.79 Å². The third-order valence-electron chi connectivity index (χ3n) is 2.89. The summed E-state index contributed by atoms with van der Waals surface area (Å²) in [5.41, 5.74) is 1.02. The summed E-state index contributed by atoms with van der Waals surface area (Å²) in [6, 6.07) is 5.07. The van der Waals surface area contributed by atoms with Crippen molar-refractivity contribution in [1.29, 1.82) is 0 Å². The van der Waals surface area contributed by atoms with Crippen molar-refractivity contribution >= 4 is 15.9 Å². The van der Waals surface area contributed by atoms with Gasteiger partial charge in [0.25, 0.3) is 15.9 Å². The van der Waals surface area contributed by atoms with E-state index >= 15 is 0 Å². The highest BCUT2D eigenvalue weighted by Crippen LogP contribution is 2.27. The minimum atomic E-state index is -3.62. The fraction of sp³-hybridized carbons (Fsp3) is 0.417. The van der Waals surface area contributed by atoms with Gasteiger partial charge in [0.2, 0.25) is 0 Å². The van der Waals surface area contributed by atoms with Crippen LogP contribution in [0, 0.1) is 0 Å². The minimum absolute atomic E-state index is 0.182. The van der Waals surface area contributed by atoms with Gasteiger partial charge in [-0.1, -0.05) is 31.9 Å². The molecular formula is C12H15NO3S. The topological polar surface area (TPSA) is 63.2 Å². The lowest BCUT2D eigenvalue weighted by atomic mass is 10.0. The molecule has 1 aliphatic heterocycles. The van der Waals surface area contributed by atoms with Crippen LogP contribution in [0.4, 0.5) is 0 Å². The molecule has 1 aromatic carbocycles. The molecule has 1 N–H and O–H groups in total. The number of carbonyl (C=O) groups is 1. The van der Waals surface area contributed by atoms with E-state index in [1.54, 1.807) is 18.2 Å². The molecule has 4 nitrogen and oxygen atoms in total. The number of fused-ring (bicyclic) bond motifs is 1. The second kappa shape index (κ2) is 4.49. The van der Waals surface area contributed by atoms with Crippen molar-refractivity contribution in [2.45, 2.75) is 37.5 Å². The largest absolute Gasteiger partial charge is 0.268 e. The Labute approximate surface area is 101 Å². The molecular weight excluding hydrogens is 238 g/mol. The van der Waals surface area contributed by atoms with Crippen molar-refractivity contribution in [1.82, 2.24) is 4.72 Å². The molecule has 0 radical (unpaired) electrons. The number of amides is 1. The average molecular weight is 253 g/mol. The quantitative estimate of drug-likeness (QED) is 0.833. The van der Waals surface area contributed by atoms with Crippen LogP contribution in [0.3, 0.4) is 0 Å². The summed E-state index contributed by atoms with van der Waals surface area (Å²) in [5, 5.41) is 0. The average Bonchev–Trinajstić information content (AvgIpc) is 2.51. The Hall–Kier alpha value is -1.36. The molecule has 1 amide bonds. The number of benzene rings is 1. The summed E-state index contributed by atoms with van der Waals surface area (Å²) in [7, 11) is -3.62. The Morgan fingerprint density at radius 2 is 2.00 bits per heavy atom. The molecule has 92 valence electrons. The molecule has 1 heterocycles. The van der Waals surface area contributed by atoms with E-state index in [-0.39, 0.29) is 10.5 Å². The number of unbranched alkanes of at least 4 members (excludes halogenated alkanes) is 2. The molecule has 0 saturated carbocycles. The molecule has 1 aliphatic rings. The second-order valence-electron chi connectivity index (χ2n) is 4.19.